The van der Waals surface area contributed by atoms with E-state index in [4.69, 9.17) is 5.11 Å². The largest absolute Gasteiger partial charge is 0.260 e. The Kier molecular flexibility index (Phi) is 10.4. The number of anilines is 1. The number of hydrogen-bond acceptors (Lipinski definition) is 2. The third kappa shape index (κ3) is 7.16. The van der Waals surface area contributed by atoms with Crippen molar-refractivity contribution in [2.45, 2.75) is 101 Å². The van der Waals surface area contributed by atoms with Crippen LogP contribution in [0, 0.1) is 41.5 Å². The summed E-state index contributed by atoms with van der Waals surface area (Å²) in [5.41, 5.74) is 24.0. The van der Waals surface area contributed by atoms with Gasteiger partial charge in [-0.25, -0.2) is 0 Å². The highest BCUT2D eigenvalue weighted by Crippen LogP contribution is 2.44. The van der Waals surface area contributed by atoms with Gasteiger partial charge in [-0.15, -0.1) is 5.11 Å². The first kappa shape index (κ1) is 34.8. The van der Waals surface area contributed by atoms with Crippen molar-refractivity contribution < 1.29 is 0 Å². The van der Waals surface area contributed by atoms with Gasteiger partial charge in [-0.05, 0) is 133 Å². The molecule has 0 aliphatic heterocycles. The molecule has 0 aliphatic carbocycles. The predicted molar refractivity (Wildman–Crippen MR) is 208 cm³/mol. The van der Waals surface area contributed by atoms with Crippen LogP contribution in [0.4, 0.5) is 11.4 Å². The van der Waals surface area contributed by atoms with Crippen LogP contribution in [0.1, 0.15) is 109 Å². The van der Waals surface area contributed by atoms with Crippen LogP contribution in [0.3, 0.4) is 0 Å². The second kappa shape index (κ2) is 14.3. The predicted octanol–water partition coefficient (Wildman–Crippen LogP) is 14.0. The zero-order valence-corrected chi connectivity index (χ0v) is 31.1. The maximum absolute atomic E-state index is 4.96. The molecule has 0 bridgehead atoms. The molecule has 0 amide bonds. The van der Waals surface area contributed by atoms with Crippen LogP contribution in [0.2, 0.25) is 0 Å². The topological polar surface area (TPSA) is 36.8 Å². The van der Waals surface area contributed by atoms with Crippen LogP contribution in [0.25, 0.3) is 33.4 Å². The Labute approximate surface area is 289 Å². The molecule has 248 valence electrons. The summed E-state index contributed by atoms with van der Waals surface area (Å²) in [7, 11) is 0. The van der Waals surface area contributed by atoms with Gasteiger partial charge in [0.25, 0.3) is 0 Å². The number of aryl methyl sites for hydroxylation is 6. The second-order valence-electron chi connectivity index (χ2n) is 14.7. The smallest absolute Gasteiger partial charge is 0.103 e. The standard InChI is InChI=1S/C45H53N3/c1-26(2)36-24-40(27(3)4)44(41(25-36)28(5)6)35-16-18-37(19-17-35)46-48-47-45-38(42-31(9)20-29(7)21-32(42)10)14-13-15-39(45)43-33(11)22-30(8)23-34(43)12/h13-28H,1-12H3,(H,46,47). The number of rotatable bonds is 9. The highest BCUT2D eigenvalue weighted by Gasteiger charge is 2.20. The molecule has 3 nitrogen and oxygen atoms in total. The molecular weight excluding hydrogens is 583 g/mol. The Morgan fingerprint density at radius 2 is 0.938 bits per heavy atom. The third-order valence-electron chi connectivity index (χ3n) is 9.56. The lowest BCUT2D eigenvalue weighted by molar-refractivity contribution is 0.807. The number of nitrogens with zero attached hydrogens (tertiary/aromatic N) is 2. The number of benzene rings is 5. The van der Waals surface area contributed by atoms with Gasteiger partial charge in [0.15, 0.2) is 0 Å². The van der Waals surface area contributed by atoms with Gasteiger partial charge in [0, 0.05) is 11.1 Å². The molecule has 0 atom stereocenters. The van der Waals surface area contributed by atoms with Crippen molar-refractivity contribution in [3.05, 3.63) is 129 Å². The van der Waals surface area contributed by atoms with Gasteiger partial charge in [-0.1, -0.05) is 125 Å². The van der Waals surface area contributed by atoms with Crippen LogP contribution in [-0.2, 0) is 0 Å². The monoisotopic (exact) mass is 635 g/mol. The van der Waals surface area contributed by atoms with Gasteiger partial charge in [0.2, 0.25) is 0 Å². The van der Waals surface area contributed by atoms with Crippen molar-refractivity contribution in [1.29, 1.82) is 0 Å². The first-order valence-corrected chi connectivity index (χ1v) is 17.5. The molecule has 5 aromatic rings. The van der Waals surface area contributed by atoms with Crippen molar-refractivity contribution in [3.63, 3.8) is 0 Å². The zero-order chi connectivity index (χ0) is 34.9. The lowest BCUT2D eigenvalue weighted by Gasteiger charge is -2.23. The zero-order valence-electron chi connectivity index (χ0n) is 31.1. The van der Waals surface area contributed by atoms with E-state index in [1.54, 1.807) is 0 Å². The molecule has 0 spiro atoms. The molecule has 48 heavy (non-hydrogen) atoms. The van der Waals surface area contributed by atoms with Crippen LogP contribution in [-0.4, -0.2) is 0 Å². The van der Waals surface area contributed by atoms with Gasteiger partial charge in [-0.3, -0.25) is 5.43 Å². The Balaban J connectivity index is 1.57. The van der Waals surface area contributed by atoms with E-state index in [-0.39, 0.29) is 0 Å². The lowest BCUT2D eigenvalue weighted by atomic mass is 9.82. The van der Waals surface area contributed by atoms with Gasteiger partial charge in [0.1, 0.15) is 5.69 Å². The minimum absolute atomic E-state index is 0.429. The van der Waals surface area contributed by atoms with Crippen molar-refractivity contribution >= 4 is 11.4 Å². The summed E-state index contributed by atoms with van der Waals surface area (Å²) in [6, 6.07) is 29.0. The fourth-order valence-corrected chi connectivity index (χ4v) is 7.40. The highest BCUT2D eigenvalue weighted by atomic mass is 15.4. The molecule has 0 heterocycles. The van der Waals surface area contributed by atoms with Crippen LogP contribution < -0.4 is 5.43 Å². The quantitative estimate of drug-likeness (QED) is 0.127. The molecule has 0 radical (unpaired) electrons. The summed E-state index contributed by atoms with van der Waals surface area (Å²) < 4.78 is 0. The molecule has 5 rings (SSSR count). The molecule has 0 unspecified atom stereocenters. The Hall–Kier alpha value is -4.50. The summed E-state index contributed by atoms with van der Waals surface area (Å²) in [4.78, 5) is 0. The molecule has 0 aliphatic rings. The molecule has 0 saturated heterocycles. The summed E-state index contributed by atoms with van der Waals surface area (Å²) in [6.07, 6.45) is 0. The summed E-state index contributed by atoms with van der Waals surface area (Å²) >= 11 is 0. The molecular formula is C45H53N3. The maximum atomic E-state index is 4.96. The highest BCUT2D eigenvalue weighted by molar-refractivity contribution is 5.92. The molecule has 0 saturated carbocycles. The number of hydrogen-bond donors (Lipinski definition) is 1. The van der Waals surface area contributed by atoms with Crippen molar-refractivity contribution in [3.8, 4) is 33.4 Å². The first-order chi connectivity index (χ1) is 22.8. The van der Waals surface area contributed by atoms with Gasteiger partial charge in [-0.2, -0.15) is 0 Å². The Bertz CT molecular complexity index is 1820. The van der Waals surface area contributed by atoms with E-state index in [0.29, 0.717) is 17.8 Å². The van der Waals surface area contributed by atoms with Gasteiger partial charge in [0.05, 0.1) is 5.69 Å². The second-order valence-corrected chi connectivity index (χ2v) is 14.7. The molecule has 5 aromatic carbocycles. The number of nitrogens with one attached hydrogen (secondary N) is 1. The van der Waals surface area contributed by atoms with E-state index < -0.39 is 0 Å². The normalized spacial score (nSPS) is 11.8. The van der Waals surface area contributed by atoms with Crippen LogP contribution in [0.15, 0.2) is 89.2 Å². The first-order valence-electron chi connectivity index (χ1n) is 17.5. The van der Waals surface area contributed by atoms with Gasteiger partial charge < -0.3 is 0 Å². The van der Waals surface area contributed by atoms with E-state index in [1.165, 1.54) is 72.3 Å². The fraction of sp³-hybridized carbons (Fsp3) is 0.333. The van der Waals surface area contributed by atoms with Crippen LogP contribution >= 0.6 is 0 Å². The van der Waals surface area contributed by atoms with Crippen molar-refractivity contribution in [2.75, 3.05) is 5.43 Å². The Morgan fingerprint density at radius 3 is 1.33 bits per heavy atom. The van der Waals surface area contributed by atoms with E-state index in [0.717, 1.165) is 22.5 Å². The minimum atomic E-state index is 0.429. The summed E-state index contributed by atoms with van der Waals surface area (Å²) in [5, 5.41) is 9.60. The fourth-order valence-electron chi connectivity index (χ4n) is 7.40. The molecule has 0 aromatic heterocycles. The van der Waals surface area contributed by atoms with Crippen molar-refractivity contribution in [2.24, 2.45) is 10.3 Å². The SMILES string of the molecule is Cc1cc(C)c(-c2cccc(-c3c(C)cc(C)cc3C)c2N=NNc2ccc(-c3c(C(C)C)cc(C(C)C)cc3C(C)C)cc2)c(C)c1. The maximum Gasteiger partial charge on any atom is 0.103 e. The average molecular weight is 636 g/mol. The lowest BCUT2D eigenvalue weighted by Crippen LogP contribution is -2.03. The molecule has 1 N–H and O–H groups in total. The van der Waals surface area contributed by atoms with Gasteiger partial charge >= 0.3 is 0 Å². The third-order valence-corrected chi connectivity index (χ3v) is 9.56. The van der Waals surface area contributed by atoms with E-state index in [1.807, 2.05) is 0 Å². The van der Waals surface area contributed by atoms with Crippen LogP contribution in [0.5, 0.6) is 0 Å². The molecule has 0 fully saturated rings. The summed E-state index contributed by atoms with van der Waals surface area (Å²) in [6.45, 7) is 26.8. The Morgan fingerprint density at radius 1 is 0.500 bits per heavy atom. The van der Waals surface area contributed by atoms with Crippen molar-refractivity contribution in [1.82, 2.24) is 0 Å². The van der Waals surface area contributed by atoms with E-state index in [9.17, 15) is 0 Å². The summed E-state index contributed by atoms with van der Waals surface area (Å²) in [5.74, 6) is 1.35. The average Bonchev–Trinajstić information content (AvgIpc) is 3.00. The molecule has 3 heteroatoms. The minimum Gasteiger partial charge on any atom is -0.260 e. The van der Waals surface area contributed by atoms with E-state index >= 15 is 0 Å². The van der Waals surface area contributed by atoms with E-state index in [2.05, 4.69) is 173 Å².